The second kappa shape index (κ2) is 5.62. The lowest BCUT2D eigenvalue weighted by atomic mass is 10.0. The van der Waals surface area contributed by atoms with Gasteiger partial charge in [0, 0.05) is 32.1 Å². The zero-order chi connectivity index (χ0) is 14.1. The second-order valence-electron chi connectivity index (χ2n) is 6.64. The van der Waals surface area contributed by atoms with Crippen molar-refractivity contribution in [3.05, 3.63) is 0 Å². The van der Waals surface area contributed by atoms with E-state index >= 15 is 0 Å². The van der Waals surface area contributed by atoms with E-state index in [4.69, 9.17) is 5.11 Å². The van der Waals surface area contributed by atoms with Crippen molar-refractivity contribution in [1.82, 2.24) is 9.80 Å². The molecule has 3 aliphatic rings. The Morgan fingerprint density at radius 1 is 1.10 bits per heavy atom. The number of hydrogen-bond acceptors (Lipinski definition) is 2. The molecule has 20 heavy (non-hydrogen) atoms. The van der Waals surface area contributed by atoms with Gasteiger partial charge >= 0.3 is 12.0 Å². The van der Waals surface area contributed by atoms with Crippen LogP contribution in [0.25, 0.3) is 0 Å². The average Bonchev–Trinajstić information content (AvgIpc) is 3.32. The van der Waals surface area contributed by atoms with Crippen LogP contribution in [0.2, 0.25) is 0 Å². The van der Waals surface area contributed by atoms with E-state index in [1.54, 1.807) is 0 Å². The fourth-order valence-electron chi connectivity index (χ4n) is 3.10. The van der Waals surface area contributed by atoms with Gasteiger partial charge in [-0.25, -0.2) is 4.79 Å². The van der Waals surface area contributed by atoms with E-state index in [0.29, 0.717) is 18.4 Å². The quantitative estimate of drug-likeness (QED) is 0.811. The zero-order valence-corrected chi connectivity index (χ0v) is 12.0. The summed E-state index contributed by atoms with van der Waals surface area (Å²) >= 11 is 0. The number of carbonyl (C=O) groups excluding carboxylic acids is 1. The first-order valence-electron chi connectivity index (χ1n) is 7.91. The number of likely N-dealkylation sites (tertiary alicyclic amines) is 1. The highest BCUT2D eigenvalue weighted by Gasteiger charge is 2.39. The van der Waals surface area contributed by atoms with Crippen LogP contribution in [0.4, 0.5) is 4.79 Å². The van der Waals surface area contributed by atoms with Gasteiger partial charge in [0.2, 0.25) is 0 Å². The molecule has 2 saturated carbocycles. The molecule has 0 aromatic carbocycles. The topological polar surface area (TPSA) is 60.9 Å². The first-order chi connectivity index (χ1) is 9.63. The van der Waals surface area contributed by atoms with E-state index in [0.717, 1.165) is 44.8 Å². The van der Waals surface area contributed by atoms with Crippen LogP contribution in [-0.2, 0) is 4.79 Å². The summed E-state index contributed by atoms with van der Waals surface area (Å²) in [6.45, 7) is 2.50. The van der Waals surface area contributed by atoms with E-state index in [-0.39, 0.29) is 12.5 Å². The summed E-state index contributed by atoms with van der Waals surface area (Å²) in [6.07, 6.45) is 6.76. The van der Waals surface area contributed by atoms with Gasteiger partial charge in [0.1, 0.15) is 0 Å². The van der Waals surface area contributed by atoms with Crippen LogP contribution in [0.15, 0.2) is 0 Å². The molecule has 2 amide bonds. The van der Waals surface area contributed by atoms with Crippen molar-refractivity contribution in [3.8, 4) is 0 Å². The Morgan fingerprint density at radius 2 is 1.85 bits per heavy atom. The van der Waals surface area contributed by atoms with Gasteiger partial charge in [-0.2, -0.15) is 0 Å². The van der Waals surface area contributed by atoms with Crippen LogP contribution in [0.5, 0.6) is 0 Å². The summed E-state index contributed by atoms with van der Waals surface area (Å²) in [7, 11) is 0. The summed E-state index contributed by atoms with van der Waals surface area (Å²) in [5.74, 6) is 0.380. The van der Waals surface area contributed by atoms with E-state index in [1.807, 2.05) is 4.90 Å². The second-order valence-corrected chi connectivity index (χ2v) is 6.64. The van der Waals surface area contributed by atoms with Crippen LogP contribution in [-0.4, -0.2) is 52.6 Å². The number of carboxylic acid groups (broad SMARTS) is 1. The fourth-order valence-corrected chi connectivity index (χ4v) is 3.10. The average molecular weight is 280 g/mol. The lowest BCUT2D eigenvalue weighted by Crippen LogP contribution is -2.44. The van der Waals surface area contributed by atoms with Crippen LogP contribution in [0.1, 0.15) is 44.9 Å². The van der Waals surface area contributed by atoms with E-state index in [1.165, 1.54) is 12.8 Å². The van der Waals surface area contributed by atoms with Gasteiger partial charge in [0.05, 0.1) is 0 Å². The molecular weight excluding hydrogens is 256 g/mol. The minimum Gasteiger partial charge on any atom is -0.481 e. The van der Waals surface area contributed by atoms with Gasteiger partial charge < -0.3 is 14.9 Å². The Kier molecular flexibility index (Phi) is 3.85. The molecule has 5 nitrogen and oxygen atoms in total. The summed E-state index contributed by atoms with van der Waals surface area (Å²) < 4.78 is 0. The Balaban J connectivity index is 1.50. The standard InChI is InChI=1S/C15H24N2O3/c18-14(19)6-3-12-7-8-16(9-12)15(20)17(13-4-5-13)10-11-1-2-11/h11-13H,1-10H2,(H,18,19). The molecule has 0 aromatic rings. The molecule has 1 aliphatic heterocycles. The molecule has 0 bridgehead atoms. The smallest absolute Gasteiger partial charge is 0.320 e. The monoisotopic (exact) mass is 280 g/mol. The Bertz CT molecular complexity index is 391. The lowest BCUT2D eigenvalue weighted by molar-refractivity contribution is -0.137. The van der Waals surface area contributed by atoms with Gasteiger partial charge in [0.25, 0.3) is 0 Å². The number of aliphatic carboxylic acids is 1. The van der Waals surface area contributed by atoms with Gasteiger partial charge in [-0.3, -0.25) is 4.79 Å². The molecule has 3 rings (SSSR count). The highest BCUT2D eigenvalue weighted by atomic mass is 16.4. The molecule has 1 unspecified atom stereocenters. The first-order valence-corrected chi connectivity index (χ1v) is 7.91. The molecule has 0 radical (unpaired) electrons. The number of urea groups is 1. The molecule has 1 heterocycles. The van der Waals surface area contributed by atoms with Crippen LogP contribution < -0.4 is 0 Å². The van der Waals surface area contributed by atoms with E-state index in [2.05, 4.69) is 4.90 Å². The highest BCUT2D eigenvalue weighted by molar-refractivity contribution is 5.75. The summed E-state index contributed by atoms with van der Waals surface area (Å²) in [6, 6.07) is 0.693. The van der Waals surface area contributed by atoms with E-state index < -0.39 is 5.97 Å². The van der Waals surface area contributed by atoms with Crippen molar-refractivity contribution in [3.63, 3.8) is 0 Å². The molecule has 1 saturated heterocycles. The van der Waals surface area contributed by atoms with Gasteiger partial charge in [0.15, 0.2) is 0 Å². The van der Waals surface area contributed by atoms with Gasteiger partial charge in [-0.1, -0.05) is 0 Å². The molecule has 2 aliphatic carbocycles. The minimum atomic E-state index is -0.733. The van der Waals surface area contributed by atoms with Crippen molar-refractivity contribution in [1.29, 1.82) is 0 Å². The lowest BCUT2D eigenvalue weighted by Gasteiger charge is -2.28. The van der Waals surface area contributed by atoms with Crippen molar-refractivity contribution in [2.75, 3.05) is 19.6 Å². The van der Waals surface area contributed by atoms with Crippen molar-refractivity contribution < 1.29 is 14.7 Å². The Morgan fingerprint density at radius 3 is 2.45 bits per heavy atom. The van der Waals surface area contributed by atoms with Crippen LogP contribution in [0.3, 0.4) is 0 Å². The SMILES string of the molecule is O=C(O)CCC1CCN(C(=O)N(CC2CC2)C2CC2)C1. The third-order valence-corrected chi connectivity index (χ3v) is 4.71. The van der Waals surface area contributed by atoms with Crippen LogP contribution in [0, 0.1) is 11.8 Å². The number of carbonyl (C=O) groups is 2. The molecule has 112 valence electrons. The molecule has 0 aromatic heterocycles. The van der Waals surface area contributed by atoms with Crippen molar-refractivity contribution in [2.45, 2.75) is 51.0 Å². The maximum absolute atomic E-state index is 12.6. The molecule has 0 spiro atoms. The Labute approximate surface area is 119 Å². The van der Waals surface area contributed by atoms with Crippen molar-refractivity contribution in [2.24, 2.45) is 11.8 Å². The molecule has 1 N–H and O–H groups in total. The van der Waals surface area contributed by atoms with E-state index in [9.17, 15) is 9.59 Å². The summed E-state index contributed by atoms with van der Waals surface area (Å²) in [4.78, 5) is 27.3. The molecular formula is C15H24N2O3. The molecule has 1 atom stereocenters. The predicted molar refractivity (Wildman–Crippen MR) is 74.4 cm³/mol. The Hall–Kier alpha value is -1.26. The summed E-state index contributed by atoms with van der Waals surface area (Å²) in [5.41, 5.74) is 0. The third-order valence-electron chi connectivity index (χ3n) is 4.71. The summed E-state index contributed by atoms with van der Waals surface area (Å²) in [5, 5.41) is 8.74. The third kappa shape index (κ3) is 3.44. The minimum absolute atomic E-state index is 0.206. The largest absolute Gasteiger partial charge is 0.481 e. The first kappa shape index (κ1) is 13.7. The zero-order valence-electron chi connectivity index (χ0n) is 12.0. The van der Waals surface area contributed by atoms with Crippen molar-refractivity contribution >= 4 is 12.0 Å². The number of carboxylic acids is 1. The maximum Gasteiger partial charge on any atom is 0.320 e. The number of amides is 2. The highest BCUT2D eigenvalue weighted by Crippen LogP contribution is 2.36. The fraction of sp³-hybridized carbons (Fsp3) is 0.867. The predicted octanol–water partition coefficient (Wildman–Crippen LogP) is 2.17. The van der Waals surface area contributed by atoms with Crippen LogP contribution >= 0.6 is 0 Å². The van der Waals surface area contributed by atoms with Gasteiger partial charge in [-0.05, 0) is 50.4 Å². The molecule has 3 fully saturated rings. The maximum atomic E-state index is 12.6. The normalized spacial score (nSPS) is 25.8. The number of hydrogen-bond donors (Lipinski definition) is 1. The molecule has 5 heteroatoms. The number of nitrogens with zero attached hydrogens (tertiary/aromatic N) is 2. The number of rotatable bonds is 6. The van der Waals surface area contributed by atoms with Gasteiger partial charge in [-0.15, -0.1) is 0 Å².